The first-order valence-electron chi connectivity index (χ1n) is 5.34. The Morgan fingerprint density at radius 3 is 2.53 bits per heavy atom. The van der Waals surface area contributed by atoms with Crippen LogP contribution in [-0.4, -0.2) is 25.1 Å². The van der Waals surface area contributed by atoms with Crippen molar-refractivity contribution in [1.82, 2.24) is 10.4 Å². The Hall–Kier alpha value is -0.380. The van der Waals surface area contributed by atoms with Gasteiger partial charge in [-0.05, 0) is 30.4 Å². The first kappa shape index (κ1) is 11.1. The molecular weight excluding hydrogens is 252 g/mol. The normalized spacial score (nSPS) is 25.3. The molecule has 1 aromatic rings. The molecule has 0 aliphatic heterocycles. The van der Waals surface area contributed by atoms with Crippen molar-refractivity contribution < 1.29 is 0 Å². The van der Waals surface area contributed by atoms with Crippen LogP contribution in [0, 0.1) is 0 Å². The third-order valence-corrected chi connectivity index (χ3v) is 3.65. The summed E-state index contributed by atoms with van der Waals surface area (Å²) in [6.45, 7) is 0. The van der Waals surface area contributed by atoms with E-state index in [9.17, 15) is 0 Å². The Balaban J connectivity index is 1.92. The molecule has 0 spiro atoms. The van der Waals surface area contributed by atoms with Crippen molar-refractivity contribution in [2.24, 2.45) is 0 Å². The zero-order chi connectivity index (χ0) is 10.8. The second-order valence-electron chi connectivity index (χ2n) is 4.41. The van der Waals surface area contributed by atoms with Crippen molar-refractivity contribution in [3.63, 3.8) is 0 Å². The van der Waals surface area contributed by atoms with E-state index < -0.39 is 0 Å². The molecule has 82 valence electrons. The molecule has 15 heavy (non-hydrogen) atoms. The lowest BCUT2D eigenvalue weighted by molar-refractivity contribution is 0.165. The summed E-state index contributed by atoms with van der Waals surface area (Å²) in [6.07, 6.45) is 2.47. The Morgan fingerprint density at radius 1 is 1.27 bits per heavy atom. The Kier molecular flexibility index (Phi) is 3.44. The quantitative estimate of drug-likeness (QED) is 0.849. The monoisotopic (exact) mass is 268 g/mol. The van der Waals surface area contributed by atoms with Crippen molar-refractivity contribution in [2.75, 3.05) is 14.1 Å². The van der Waals surface area contributed by atoms with Crippen molar-refractivity contribution in [1.29, 1.82) is 0 Å². The second kappa shape index (κ2) is 4.64. The highest BCUT2D eigenvalue weighted by Gasteiger charge is 2.31. The molecule has 0 heterocycles. The van der Waals surface area contributed by atoms with Crippen LogP contribution in [0.2, 0.25) is 0 Å². The molecule has 0 atom stereocenters. The SMILES string of the molecule is CN(C)NC1CC(c2ccccc2Br)C1. The Bertz CT molecular complexity index is 332. The second-order valence-corrected chi connectivity index (χ2v) is 5.26. The lowest BCUT2D eigenvalue weighted by Gasteiger charge is -2.38. The van der Waals surface area contributed by atoms with Crippen molar-refractivity contribution in [3.8, 4) is 0 Å². The van der Waals surface area contributed by atoms with Crippen LogP contribution in [0.25, 0.3) is 0 Å². The van der Waals surface area contributed by atoms with E-state index in [2.05, 4.69) is 45.6 Å². The van der Waals surface area contributed by atoms with Gasteiger partial charge in [0.1, 0.15) is 0 Å². The number of rotatable bonds is 3. The molecule has 3 heteroatoms. The number of hydrazine groups is 1. The minimum atomic E-state index is 0.650. The van der Waals surface area contributed by atoms with Crippen LogP contribution >= 0.6 is 15.9 Å². The van der Waals surface area contributed by atoms with Gasteiger partial charge in [-0.1, -0.05) is 34.1 Å². The van der Waals surface area contributed by atoms with Gasteiger partial charge >= 0.3 is 0 Å². The van der Waals surface area contributed by atoms with Crippen molar-refractivity contribution in [3.05, 3.63) is 34.3 Å². The summed E-state index contributed by atoms with van der Waals surface area (Å²) in [5.74, 6) is 0.720. The standard InChI is InChI=1S/C12H17BrN2/c1-15(2)14-10-7-9(8-10)11-5-3-4-6-12(11)13/h3-6,9-10,14H,7-8H2,1-2H3. The van der Waals surface area contributed by atoms with E-state index in [4.69, 9.17) is 0 Å². The maximum absolute atomic E-state index is 3.61. The van der Waals surface area contributed by atoms with Gasteiger partial charge in [-0.15, -0.1) is 0 Å². The minimum Gasteiger partial charge on any atom is -0.253 e. The summed E-state index contributed by atoms with van der Waals surface area (Å²) >= 11 is 3.61. The Morgan fingerprint density at radius 2 is 1.93 bits per heavy atom. The maximum Gasteiger partial charge on any atom is 0.0226 e. The molecular formula is C12H17BrN2. The summed E-state index contributed by atoms with van der Waals surface area (Å²) in [5.41, 5.74) is 4.87. The summed E-state index contributed by atoms with van der Waals surface area (Å²) in [5, 5.41) is 2.04. The maximum atomic E-state index is 3.61. The van der Waals surface area contributed by atoms with Crippen LogP contribution in [0.3, 0.4) is 0 Å². The predicted molar refractivity (Wildman–Crippen MR) is 66.7 cm³/mol. The number of nitrogens with zero attached hydrogens (tertiary/aromatic N) is 1. The molecule has 2 rings (SSSR count). The fourth-order valence-corrected chi connectivity index (χ4v) is 2.76. The summed E-state index contributed by atoms with van der Waals surface area (Å²) in [7, 11) is 4.09. The van der Waals surface area contributed by atoms with Crippen LogP contribution in [0.4, 0.5) is 0 Å². The van der Waals surface area contributed by atoms with Gasteiger partial charge in [0.05, 0.1) is 0 Å². The highest BCUT2D eigenvalue weighted by Crippen LogP contribution is 2.39. The summed E-state index contributed by atoms with van der Waals surface area (Å²) in [6, 6.07) is 9.19. The van der Waals surface area contributed by atoms with Crippen LogP contribution in [0.15, 0.2) is 28.7 Å². The van der Waals surface area contributed by atoms with Gasteiger partial charge in [-0.2, -0.15) is 0 Å². The van der Waals surface area contributed by atoms with Gasteiger partial charge in [-0.25, -0.2) is 0 Å². The summed E-state index contributed by atoms with van der Waals surface area (Å²) < 4.78 is 1.25. The van der Waals surface area contributed by atoms with E-state index in [1.54, 1.807) is 0 Å². The molecule has 0 saturated heterocycles. The lowest BCUT2D eigenvalue weighted by atomic mass is 9.76. The highest BCUT2D eigenvalue weighted by atomic mass is 79.9. The molecule has 0 radical (unpaired) electrons. The summed E-state index contributed by atoms with van der Waals surface area (Å²) in [4.78, 5) is 0. The zero-order valence-electron chi connectivity index (χ0n) is 9.20. The van der Waals surface area contributed by atoms with Crippen LogP contribution < -0.4 is 5.43 Å². The molecule has 1 aliphatic rings. The van der Waals surface area contributed by atoms with E-state index in [0.29, 0.717) is 6.04 Å². The van der Waals surface area contributed by atoms with Gasteiger partial charge in [0.25, 0.3) is 0 Å². The van der Waals surface area contributed by atoms with Crippen LogP contribution in [0.1, 0.15) is 24.3 Å². The minimum absolute atomic E-state index is 0.650. The third kappa shape index (κ3) is 2.60. The molecule has 2 nitrogen and oxygen atoms in total. The van der Waals surface area contributed by atoms with Crippen molar-refractivity contribution in [2.45, 2.75) is 24.8 Å². The topological polar surface area (TPSA) is 15.3 Å². The molecule has 1 N–H and O–H groups in total. The first-order chi connectivity index (χ1) is 7.16. The third-order valence-electron chi connectivity index (χ3n) is 2.92. The average Bonchev–Trinajstić information content (AvgIpc) is 2.12. The number of halogens is 1. The molecule has 0 unspecified atom stereocenters. The van der Waals surface area contributed by atoms with Crippen LogP contribution in [-0.2, 0) is 0 Å². The first-order valence-corrected chi connectivity index (χ1v) is 6.14. The fraction of sp³-hybridized carbons (Fsp3) is 0.500. The predicted octanol–water partition coefficient (Wildman–Crippen LogP) is 2.76. The average molecular weight is 269 g/mol. The van der Waals surface area contributed by atoms with Gasteiger partial charge in [0.2, 0.25) is 0 Å². The number of hydrogen-bond acceptors (Lipinski definition) is 2. The smallest absolute Gasteiger partial charge is 0.0226 e. The van der Waals surface area contributed by atoms with Gasteiger partial charge in [-0.3, -0.25) is 10.4 Å². The van der Waals surface area contributed by atoms with E-state index in [0.717, 1.165) is 5.92 Å². The molecule has 1 aromatic carbocycles. The van der Waals surface area contributed by atoms with Gasteiger partial charge in [0.15, 0.2) is 0 Å². The number of hydrogen-bond donors (Lipinski definition) is 1. The molecule has 0 amide bonds. The zero-order valence-corrected chi connectivity index (χ0v) is 10.8. The molecule has 0 aromatic heterocycles. The van der Waals surface area contributed by atoms with E-state index in [1.165, 1.54) is 22.9 Å². The van der Waals surface area contributed by atoms with Gasteiger partial charge in [0, 0.05) is 24.6 Å². The number of benzene rings is 1. The largest absolute Gasteiger partial charge is 0.253 e. The van der Waals surface area contributed by atoms with E-state index in [1.807, 2.05) is 19.1 Å². The molecule has 0 bridgehead atoms. The Labute approximate surface area is 99.8 Å². The van der Waals surface area contributed by atoms with E-state index >= 15 is 0 Å². The van der Waals surface area contributed by atoms with Crippen molar-refractivity contribution >= 4 is 15.9 Å². The lowest BCUT2D eigenvalue weighted by Crippen LogP contribution is -2.46. The van der Waals surface area contributed by atoms with E-state index in [-0.39, 0.29) is 0 Å². The highest BCUT2D eigenvalue weighted by molar-refractivity contribution is 9.10. The molecule has 1 saturated carbocycles. The molecule has 1 aliphatic carbocycles. The molecule has 1 fully saturated rings. The van der Waals surface area contributed by atoms with Crippen LogP contribution in [0.5, 0.6) is 0 Å². The number of nitrogens with one attached hydrogen (secondary N) is 1. The van der Waals surface area contributed by atoms with Gasteiger partial charge < -0.3 is 0 Å². The fourth-order valence-electron chi connectivity index (χ4n) is 2.15.